The van der Waals surface area contributed by atoms with E-state index in [2.05, 4.69) is 30.7 Å². The highest BCUT2D eigenvalue weighted by atomic mass is 32.1. The lowest BCUT2D eigenvalue weighted by molar-refractivity contribution is -0.0230. The maximum atomic E-state index is 12.6. The number of amides is 1. The third-order valence-electron chi connectivity index (χ3n) is 3.97. The number of morpholine rings is 1. The smallest absolute Gasteiger partial charge is 0.260 e. The van der Waals surface area contributed by atoms with E-state index in [0.717, 1.165) is 10.7 Å². The lowest BCUT2D eigenvalue weighted by Crippen LogP contribution is -2.43. The van der Waals surface area contributed by atoms with Crippen LogP contribution in [0.15, 0.2) is 28.5 Å². The van der Waals surface area contributed by atoms with Gasteiger partial charge in [-0.25, -0.2) is 4.98 Å². The average molecular weight is 347 g/mol. The molecule has 0 spiro atoms. The molecule has 2 aromatic heterocycles. The van der Waals surface area contributed by atoms with Gasteiger partial charge in [0.15, 0.2) is 0 Å². The Balaban J connectivity index is 1.77. The number of aromatic nitrogens is 2. The second-order valence-electron chi connectivity index (χ2n) is 6.84. The molecule has 2 aromatic rings. The molecule has 0 radical (unpaired) electrons. The average Bonchev–Trinajstić information content (AvgIpc) is 3.05. The third-order valence-corrected chi connectivity index (χ3v) is 4.90. The molecule has 0 aliphatic carbocycles. The summed E-state index contributed by atoms with van der Waals surface area (Å²) in [5.74, 6) is -0.266. The van der Waals surface area contributed by atoms with Gasteiger partial charge in [-0.05, 0) is 12.1 Å². The first-order valence-corrected chi connectivity index (χ1v) is 8.78. The highest BCUT2D eigenvalue weighted by molar-refractivity contribution is 7.09. The molecule has 0 saturated carbocycles. The van der Waals surface area contributed by atoms with Gasteiger partial charge in [-0.1, -0.05) is 20.8 Å². The van der Waals surface area contributed by atoms with Crippen LogP contribution in [0.2, 0.25) is 0 Å². The van der Waals surface area contributed by atoms with E-state index in [1.807, 2.05) is 5.38 Å². The minimum absolute atomic E-state index is 0.0176. The lowest BCUT2D eigenvalue weighted by atomic mass is 9.93. The fourth-order valence-electron chi connectivity index (χ4n) is 2.52. The van der Waals surface area contributed by atoms with Crippen molar-refractivity contribution >= 4 is 17.2 Å². The molecule has 1 aliphatic heterocycles. The quantitative estimate of drug-likeness (QED) is 0.905. The normalized spacial score (nSPS) is 18.6. The van der Waals surface area contributed by atoms with Gasteiger partial charge in [-0.15, -0.1) is 11.3 Å². The number of nitrogens with one attached hydrogen (secondary N) is 1. The summed E-state index contributed by atoms with van der Waals surface area (Å²) in [4.78, 5) is 33.3. The van der Waals surface area contributed by atoms with Crippen LogP contribution in [0.5, 0.6) is 0 Å². The Morgan fingerprint density at radius 2 is 2.25 bits per heavy atom. The summed E-state index contributed by atoms with van der Waals surface area (Å²) >= 11 is 1.55. The van der Waals surface area contributed by atoms with Crippen LogP contribution < -0.4 is 5.56 Å². The van der Waals surface area contributed by atoms with Crippen molar-refractivity contribution in [2.75, 3.05) is 19.7 Å². The minimum Gasteiger partial charge on any atom is -0.367 e. The molecular formula is C17H21N3O3S. The molecule has 0 bridgehead atoms. The summed E-state index contributed by atoms with van der Waals surface area (Å²) < 4.78 is 5.80. The predicted molar refractivity (Wildman–Crippen MR) is 92.5 cm³/mol. The van der Waals surface area contributed by atoms with E-state index in [4.69, 9.17) is 4.74 Å². The first-order chi connectivity index (χ1) is 11.4. The van der Waals surface area contributed by atoms with Crippen molar-refractivity contribution in [3.05, 3.63) is 50.3 Å². The molecule has 1 amide bonds. The van der Waals surface area contributed by atoms with E-state index in [1.165, 1.54) is 6.20 Å². The molecule has 3 heterocycles. The van der Waals surface area contributed by atoms with Crippen molar-refractivity contribution in [2.45, 2.75) is 32.3 Å². The van der Waals surface area contributed by atoms with Crippen LogP contribution in [0.25, 0.3) is 0 Å². The van der Waals surface area contributed by atoms with Crippen molar-refractivity contribution < 1.29 is 9.53 Å². The number of H-pyrrole nitrogens is 1. The van der Waals surface area contributed by atoms with Gasteiger partial charge in [0, 0.05) is 23.5 Å². The monoisotopic (exact) mass is 347 g/mol. The van der Waals surface area contributed by atoms with Gasteiger partial charge in [-0.3, -0.25) is 9.59 Å². The number of rotatable bonds is 2. The van der Waals surface area contributed by atoms with Crippen LogP contribution in [0, 0.1) is 0 Å². The number of ether oxygens (including phenoxy) is 1. The number of nitrogens with zero attached hydrogens (tertiary/aromatic N) is 2. The zero-order valence-corrected chi connectivity index (χ0v) is 14.9. The molecule has 1 aliphatic rings. The Kier molecular flexibility index (Phi) is 4.56. The molecule has 24 heavy (non-hydrogen) atoms. The number of hydrogen-bond acceptors (Lipinski definition) is 5. The second-order valence-corrected chi connectivity index (χ2v) is 7.73. The molecule has 1 saturated heterocycles. The second kappa shape index (κ2) is 6.49. The van der Waals surface area contributed by atoms with E-state index in [-0.39, 0.29) is 28.5 Å². The maximum Gasteiger partial charge on any atom is 0.260 e. The highest BCUT2D eigenvalue weighted by Crippen LogP contribution is 2.30. The summed E-state index contributed by atoms with van der Waals surface area (Å²) in [6.45, 7) is 7.66. The zero-order chi connectivity index (χ0) is 17.3. The van der Waals surface area contributed by atoms with Crippen molar-refractivity contribution in [1.82, 2.24) is 14.9 Å². The molecule has 1 N–H and O–H groups in total. The molecule has 128 valence electrons. The molecule has 1 fully saturated rings. The Labute approximate surface area is 144 Å². The molecule has 3 rings (SSSR count). The van der Waals surface area contributed by atoms with Crippen LogP contribution >= 0.6 is 11.3 Å². The lowest BCUT2D eigenvalue weighted by Gasteiger charge is -2.32. The van der Waals surface area contributed by atoms with Crippen LogP contribution in [0.3, 0.4) is 0 Å². The first kappa shape index (κ1) is 16.9. The topological polar surface area (TPSA) is 75.3 Å². The molecule has 0 unspecified atom stereocenters. The number of hydrogen-bond donors (Lipinski definition) is 1. The largest absolute Gasteiger partial charge is 0.367 e. The third kappa shape index (κ3) is 3.42. The highest BCUT2D eigenvalue weighted by Gasteiger charge is 2.30. The summed E-state index contributed by atoms with van der Waals surface area (Å²) in [6.07, 6.45) is 1.27. The molecule has 6 nitrogen and oxygen atoms in total. The fourth-order valence-corrected chi connectivity index (χ4v) is 3.61. The van der Waals surface area contributed by atoms with E-state index in [1.54, 1.807) is 28.4 Å². The summed E-state index contributed by atoms with van der Waals surface area (Å²) in [7, 11) is 0. The van der Waals surface area contributed by atoms with Gasteiger partial charge in [-0.2, -0.15) is 0 Å². The Morgan fingerprint density at radius 1 is 1.46 bits per heavy atom. The number of carbonyl (C=O) groups is 1. The Hall–Kier alpha value is -1.99. The first-order valence-electron chi connectivity index (χ1n) is 7.91. The standard InChI is InChI=1S/C17H21N3O3S/c1-17(2,3)13-10-24-15(19-13)12-9-20(7-8-23-12)16(22)11-5-4-6-18-14(11)21/h4-6,10,12H,7-9H2,1-3H3,(H,18,21)/t12-/m1/s1. The van der Waals surface area contributed by atoms with Crippen molar-refractivity contribution in [1.29, 1.82) is 0 Å². The zero-order valence-electron chi connectivity index (χ0n) is 14.0. The number of aromatic amines is 1. The van der Waals surface area contributed by atoms with Crippen LogP contribution in [0.4, 0.5) is 0 Å². The van der Waals surface area contributed by atoms with Gasteiger partial charge in [0.25, 0.3) is 11.5 Å². The SMILES string of the molecule is CC(C)(C)c1csc([C@H]2CN(C(=O)c3ccc[nH]c3=O)CCO2)n1. The van der Waals surface area contributed by atoms with E-state index >= 15 is 0 Å². The Morgan fingerprint density at radius 3 is 2.92 bits per heavy atom. The van der Waals surface area contributed by atoms with Crippen molar-refractivity contribution in [3.63, 3.8) is 0 Å². The van der Waals surface area contributed by atoms with Gasteiger partial charge >= 0.3 is 0 Å². The van der Waals surface area contributed by atoms with Crippen molar-refractivity contribution in [3.8, 4) is 0 Å². The van der Waals surface area contributed by atoms with Gasteiger partial charge < -0.3 is 14.6 Å². The molecular weight excluding hydrogens is 326 g/mol. The number of pyridine rings is 1. The Bertz CT molecular complexity index is 791. The van der Waals surface area contributed by atoms with Crippen LogP contribution in [0.1, 0.15) is 47.9 Å². The molecule has 0 aromatic carbocycles. The summed E-state index contributed by atoms with van der Waals surface area (Å²) in [5, 5.41) is 2.92. The predicted octanol–water partition coefficient (Wildman–Crippen LogP) is 2.34. The maximum absolute atomic E-state index is 12.6. The van der Waals surface area contributed by atoms with Crippen molar-refractivity contribution in [2.24, 2.45) is 0 Å². The fraction of sp³-hybridized carbons (Fsp3) is 0.471. The molecule has 1 atom stereocenters. The van der Waals surface area contributed by atoms with E-state index in [0.29, 0.717) is 19.7 Å². The van der Waals surface area contributed by atoms with Gasteiger partial charge in [0.1, 0.15) is 16.7 Å². The van der Waals surface area contributed by atoms with Gasteiger partial charge in [0.05, 0.1) is 18.8 Å². The van der Waals surface area contributed by atoms with Crippen LogP contribution in [-0.4, -0.2) is 40.5 Å². The molecule has 7 heteroatoms. The summed E-state index contributed by atoms with van der Waals surface area (Å²) in [6, 6.07) is 3.20. The van der Waals surface area contributed by atoms with Crippen LogP contribution in [-0.2, 0) is 10.2 Å². The van der Waals surface area contributed by atoms with E-state index < -0.39 is 0 Å². The summed E-state index contributed by atoms with van der Waals surface area (Å²) in [5.41, 5.74) is 0.799. The van der Waals surface area contributed by atoms with E-state index in [9.17, 15) is 9.59 Å². The number of carbonyl (C=O) groups excluding carboxylic acids is 1. The number of thiazole rings is 1. The van der Waals surface area contributed by atoms with Gasteiger partial charge in [0.2, 0.25) is 0 Å². The minimum atomic E-state index is -0.366.